The van der Waals surface area contributed by atoms with E-state index in [1.165, 1.54) is 6.08 Å². The summed E-state index contributed by atoms with van der Waals surface area (Å²) >= 11 is 6.86. The minimum absolute atomic E-state index is 0.0361. The fraction of sp³-hybridized carbons (Fsp3) is 0.375. The van der Waals surface area contributed by atoms with Crippen molar-refractivity contribution in [2.75, 3.05) is 38.1 Å². The van der Waals surface area contributed by atoms with E-state index < -0.39 is 22.9 Å². The first-order chi connectivity index (χ1) is 12.1. The molecule has 1 aromatic rings. The smallest absolute Gasteiger partial charge is 0.367 e. The van der Waals surface area contributed by atoms with Crippen LogP contribution >= 0.6 is 23.4 Å². The largest absolute Gasteiger partial charge is 0.416 e. The van der Waals surface area contributed by atoms with Gasteiger partial charge in [0, 0.05) is 31.7 Å². The summed E-state index contributed by atoms with van der Waals surface area (Å²) in [6, 6.07) is 1.85. The van der Waals surface area contributed by atoms with Crippen molar-refractivity contribution in [3.05, 3.63) is 33.2 Å². The standard InChI is InChI=1S/C16H15ClF3N3O2S/c1-22-2-4-23(5-3-22)13-9(7-12-14(24)21-15(25)26-12)6-10(8-11(13)17)16(18,19)20/h6-8H,2-5H2,1H3,(H,21,24,25)/b12-7-. The van der Waals surface area contributed by atoms with Gasteiger partial charge in [0.05, 0.1) is 21.2 Å². The molecular formula is C16H15ClF3N3O2S. The second kappa shape index (κ2) is 7.13. The molecule has 2 heterocycles. The number of carbonyl (C=O) groups excluding carboxylic acids is 2. The van der Waals surface area contributed by atoms with Gasteiger partial charge in [0.15, 0.2) is 0 Å². The molecule has 0 saturated carbocycles. The highest BCUT2D eigenvalue weighted by Gasteiger charge is 2.33. The number of carbonyl (C=O) groups is 2. The Morgan fingerprint density at radius 1 is 1.19 bits per heavy atom. The van der Waals surface area contributed by atoms with Crippen molar-refractivity contribution in [2.24, 2.45) is 0 Å². The molecule has 0 atom stereocenters. The van der Waals surface area contributed by atoms with Crippen molar-refractivity contribution >= 4 is 46.3 Å². The highest BCUT2D eigenvalue weighted by molar-refractivity contribution is 8.18. The second-order valence-corrected chi connectivity index (χ2v) is 7.46. The van der Waals surface area contributed by atoms with Gasteiger partial charge in [-0.1, -0.05) is 11.6 Å². The predicted octanol–water partition coefficient (Wildman–Crippen LogP) is 3.43. The van der Waals surface area contributed by atoms with E-state index in [0.29, 0.717) is 30.5 Å². The summed E-state index contributed by atoms with van der Waals surface area (Å²) in [5.74, 6) is -0.627. The number of alkyl halides is 3. The Bertz CT molecular complexity index is 790. The fourth-order valence-corrected chi connectivity index (χ4v) is 3.84. The Labute approximate surface area is 157 Å². The molecule has 2 saturated heterocycles. The summed E-state index contributed by atoms with van der Waals surface area (Å²) in [5.41, 5.74) is -0.295. The van der Waals surface area contributed by atoms with Gasteiger partial charge in [-0.2, -0.15) is 13.2 Å². The van der Waals surface area contributed by atoms with E-state index in [1.54, 1.807) is 0 Å². The zero-order chi connectivity index (χ0) is 19.1. The zero-order valence-electron chi connectivity index (χ0n) is 13.7. The molecule has 3 rings (SSSR count). The molecule has 0 aromatic heterocycles. The number of nitrogens with zero attached hydrogens (tertiary/aromatic N) is 2. The minimum atomic E-state index is -4.57. The van der Waals surface area contributed by atoms with Gasteiger partial charge in [0.1, 0.15) is 0 Å². The summed E-state index contributed by atoms with van der Waals surface area (Å²) in [5, 5.41) is 1.50. The lowest BCUT2D eigenvalue weighted by atomic mass is 10.1. The number of piperazine rings is 1. The summed E-state index contributed by atoms with van der Waals surface area (Å²) in [7, 11) is 1.96. The van der Waals surface area contributed by atoms with Crippen LogP contribution in [0.1, 0.15) is 11.1 Å². The Hall–Kier alpha value is -1.71. The van der Waals surface area contributed by atoms with E-state index in [4.69, 9.17) is 11.6 Å². The molecule has 140 valence electrons. The molecule has 0 aliphatic carbocycles. The van der Waals surface area contributed by atoms with Crippen molar-refractivity contribution < 1.29 is 22.8 Å². The molecule has 2 amide bonds. The predicted molar refractivity (Wildman–Crippen MR) is 95.3 cm³/mol. The quantitative estimate of drug-likeness (QED) is 0.764. The number of anilines is 1. The number of rotatable bonds is 2. The van der Waals surface area contributed by atoms with E-state index in [1.807, 2.05) is 11.9 Å². The third-order valence-electron chi connectivity index (χ3n) is 4.17. The van der Waals surface area contributed by atoms with Crippen LogP contribution in [-0.2, 0) is 11.0 Å². The first kappa shape index (κ1) is 19.1. The highest BCUT2D eigenvalue weighted by atomic mass is 35.5. The lowest BCUT2D eigenvalue weighted by Gasteiger charge is -2.35. The Morgan fingerprint density at radius 3 is 2.38 bits per heavy atom. The van der Waals surface area contributed by atoms with Crippen LogP contribution in [0.25, 0.3) is 6.08 Å². The number of halogens is 4. The summed E-state index contributed by atoms with van der Waals surface area (Å²) in [6.45, 7) is 2.66. The van der Waals surface area contributed by atoms with Crippen molar-refractivity contribution in [2.45, 2.75) is 6.18 Å². The van der Waals surface area contributed by atoms with Crippen molar-refractivity contribution in [1.82, 2.24) is 10.2 Å². The number of amides is 2. The summed E-state index contributed by atoms with van der Waals surface area (Å²) in [4.78, 5) is 27.2. The molecule has 1 aromatic carbocycles. The molecule has 2 aliphatic heterocycles. The molecule has 1 N–H and O–H groups in total. The first-order valence-electron chi connectivity index (χ1n) is 7.74. The van der Waals surface area contributed by atoms with Gasteiger partial charge in [-0.25, -0.2) is 0 Å². The van der Waals surface area contributed by atoms with Gasteiger partial charge >= 0.3 is 6.18 Å². The molecular weight excluding hydrogens is 391 g/mol. The highest BCUT2D eigenvalue weighted by Crippen LogP contribution is 2.40. The molecule has 10 heteroatoms. The second-order valence-electron chi connectivity index (χ2n) is 6.04. The van der Waals surface area contributed by atoms with E-state index >= 15 is 0 Å². The van der Waals surface area contributed by atoms with Gasteiger partial charge in [0.25, 0.3) is 11.1 Å². The first-order valence-corrected chi connectivity index (χ1v) is 8.93. The van der Waals surface area contributed by atoms with Crippen LogP contribution in [0.5, 0.6) is 0 Å². The van der Waals surface area contributed by atoms with Crippen LogP contribution in [0.2, 0.25) is 5.02 Å². The molecule has 2 fully saturated rings. The van der Waals surface area contributed by atoms with Crippen LogP contribution in [0.15, 0.2) is 17.0 Å². The van der Waals surface area contributed by atoms with Crippen molar-refractivity contribution in [1.29, 1.82) is 0 Å². The maximum atomic E-state index is 13.2. The summed E-state index contributed by atoms with van der Waals surface area (Å²) in [6.07, 6.45) is -3.28. The maximum absolute atomic E-state index is 13.2. The lowest BCUT2D eigenvalue weighted by Crippen LogP contribution is -2.44. The van der Waals surface area contributed by atoms with Gasteiger partial charge in [-0.15, -0.1) is 0 Å². The van der Waals surface area contributed by atoms with E-state index in [9.17, 15) is 22.8 Å². The van der Waals surface area contributed by atoms with Crippen molar-refractivity contribution in [3.8, 4) is 0 Å². The molecule has 0 spiro atoms. The Morgan fingerprint density at radius 2 is 1.85 bits per heavy atom. The van der Waals surface area contributed by atoms with E-state index in [2.05, 4.69) is 10.2 Å². The molecule has 0 radical (unpaired) electrons. The van der Waals surface area contributed by atoms with Crippen LogP contribution in [0, 0.1) is 0 Å². The molecule has 0 unspecified atom stereocenters. The molecule has 2 aliphatic rings. The number of nitrogens with one attached hydrogen (secondary N) is 1. The number of hydrogen-bond donors (Lipinski definition) is 1. The van der Waals surface area contributed by atoms with Crippen LogP contribution in [0.3, 0.4) is 0 Å². The topological polar surface area (TPSA) is 52.6 Å². The average Bonchev–Trinajstić information content (AvgIpc) is 2.85. The average molecular weight is 406 g/mol. The molecule has 0 bridgehead atoms. The third-order valence-corrected chi connectivity index (χ3v) is 5.27. The zero-order valence-corrected chi connectivity index (χ0v) is 15.3. The van der Waals surface area contributed by atoms with E-state index in [-0.39, 0.29) is 15.5 Å². The normalized spacial score (nSPS) is 20.8. The van der Waals surface area contributed by atoms with Crippen LogP contribution in [-0.4, -0.2) is 49.3 Å². The maximum Gasteiger partial charge on any atom is 0.416 e. The van der Waals surface area contributed by atoms with Gasteiger partial charge < -0.3 is 9.80 Å². The monoisotopic (exact) mass is 405 g/mol. The number of hydrogen-bond acceptors (Lipinski definition) is 5. The lowest BCUT2D eigenvalue weighted by molar-refractivity contribution is -0.137. The van der Waals surface area contributed by atoms with Gasteiger partial charge in [-0.3, -0.25) is 14.9 Å². The minimum Gasteiger partial charge on any atom is -0.367 e. The van der Waals surface area contributed by atoms with Crippen molar-refractivity contribution in [3.63, 3.8) is 0 Å². The Balaban J connectivity index is 2.09. The molecule has 26 heavy (non-hydrogen) atoms. The number of benzene rings is 1. The summed E-state index contributed by atoms with van der Waals surface area (Å²) < 4.78 is 39.6. The third kappa shape index (κ3) is 3.99. The van der Waals surface area contributed by atoms with E-state index in [0.717, 1.165) is 25.2 Å². The number of likely N-dealkylation sites (N-methyl/N-ethyl adjacent to an activating group) is 1. The SMILES string of the molecule is CN1CCN(c2c(Cl)cc(C(F)(F)F)cc2/C=C2\SC(=O)NC2=O)CC1. The van der Waals surface area contributed by atoms with Crippen LogP contribution < -0.4 is 10.2 Å². The van der Waals surface area contributed by atoms with Gasteiger partial charge in [-0.05, 0) is 37.0 Å². The van der Waals surface area contributed by atoms with Crippen LogP contribution in [0.4, 0.5) is 23.7 Å². The van der Waals surface area contributed by atoms with Gasteiger partial charge in [0.2, 0.25) is 0 Å². The molecule has 5 nitrogen and oxygen atoms in total. The Kier molecular flexibility index (Phi) is 5.23. The number of thioether (sulfide) groups is 1. The fourth-order valence-electron chi connectivity index (χ4n) is 2.82. The number of imide groups is 1.